The van der Waals surface area contributed by atoms with Crippen LogP contribution in [0.5, 0.6) is 0 Å². The van der Waals surface area contributed by atoms with Crippen molar-refractivity contribution in [2.24, 2.45) is 5.92 Å². The first-order chi connectivity index (χ1) is 31.9. The first-order valence-corrected chi connectivity index (χ1v) is 23.4. The Morgan fingerprint density at radius 2 is 1.71 bits per heavy atom. The minimum atomic E-state index is -1.12. The summed E-state index contributed by atoms with van der Waals surface area (Å²) in [4.78, 5) is 86.7. The number of carbonyl (C=O) groups excluding carboxylic acids is 5. The Hall–Kier alpha value is -6.73. The summed E-state index contributed by atoms with van der Waals surface area (Å²) in [5.41, 5.74) is 2.90. The van der Waals surface area contributed by atoms with E-state index in [9.17, 15) is 29.1 Å². The van der Waals surface area contributed by atoms with Gasteiger partial charge in [-0.3, -0.25) is 34.6 Å². The molecule has 2 bridgehead atoms. The summed E-state index contributed by atoms with van der Waals surface area (Å²) in [6.07, 6.45) is 8.47. The molecule has 4 N–H and O–H groups in total. The van der Waals surface area contributed by atoms with Gasteiger partial charge in [-0.05, 0) is 86.1 Å². The molecule has 0 spiro atoms. The quantitative estimate of drug-likeness (QED) is 0.139. The molecule has 3 aromatic heterocycles. The molecule has 2 aromatic carbocycles. The van der Waals surface area contributed by atoms with Crippen LogP contribution in [0.3, 0.4) is 0 Å². The molecule has 1 unspecified atom stereocenters. The van der Waals surface area contributed by atoms with Crippen molar-refractivity contribution in [1.82, 2.24) is 34.6 Å². The number of piperidine rings is 3. The Labute approximate surface area is 383 Å². The summed E-state index contributed by atoms with van der Waals surface area (Å²) < 4.78 is 18.0. The third-order valence-electron chi connectivity index (χ3n) is 14.3. The van der Waals surface area contributed by atoms with E-state index in [1.807, 2.05) is 45.9 Å². The molecule has 19 heteroatoms. The van der Waals surface area contributed by atoms with Gasteiger partial charge in [-0.15, -0.1) is 11.3 Å². The summed E-state index contributed by atoms with van der Waals surface area (Å²) in [5.74, 6) is -1.37. The second-order valence-corrected chi connectivity index (χ2v) is 19.3. The van der Waals surface area contributed by atoms with Gasteiger partial charge in [0.25, 0.3) is 17.7 Å². The van der Waals surface area contributed by atoms with Crippen LogP contribution in [0.4, 0.5) is 26.7 Å². The average Bonchev–Trinajstić information content (AvgIpc) is 4.13. The molecular weight excluding hydrogens is 866 g/mol. The van der Waals surface area contributed by atoms with E-state index in [0.29, 0.717) is 87.0 Å². The molecule has 12 rings (SSSR count). The highest BCUT2D eigenvalue weighted by molar-refractivity contribution is 7.13. The lowest BCUT2D eigenvalue weighted by Crippen LogP contribution is -2.69. The summed E-state index contributed by atoms with van der Waals surface area (Å²) >= 11 is 1.27. The smallest absolute Gasteiger partial charge is 0.255 e. The SMILES string of the molecule is O=C1NC(=O)C2(Nc3ccc(N4CCC(O)(CC(=O)N5CCN(c6ccc(-c7cc(F)c8c(c7)C(=O)N(C(C(=O)Nc7nccs7)c7ncn9c7CCC9)C8)cc6)CC5)CC4)nc3)CC1C2. The highest BCUT2D eigenvalue weighted by Gasteiger charge is 2.57. The van der Waals surface area contributed by atoms with Crippen LogP contribution in [0.1, 0.15) is 71.9 Å². The zero-order chi connectivity index (χ0) is 45.3. The number of rotatable bonds is 11. The Morgan fingerprint density at radius 1 is 0.924 bits per heavy atom. The number of nitrogens with zero attached hydrogens (tertiary/aromatic N) is 8. The lowest BCUT2D eigenvalue weighted by molar-refractivity contribution is -0.149. The standard InChI is InChI=1S/C47H48FN11O6S/c48-35-21-29(20-33-34(35)26-59(43(33)63)40(42(62)53-45-49-11-19-66-45)39-36-2-1-12-58(36)27-51-39)28-3-6-32(7-4-28)55-15-17-57(18-16-55)38(60)24-46(65)9-13-56(14-10-46)37-8-5-31(25-50-37)54-47-22-30(23-47)41(61)52-44(47)64/h3-8,11,19-21,25,27,30,40,54,65H,1-2,9-10,12-18,22-24,26H2,(H,49,53,62)(H,52,61,64). The van der Waals surface area contributed by atoms with Gasteiger partial charge in [-0.25, -0.2) is 19.3 Å². The van der Waals surface area contributed by atoms with E-state index in [4.69, 9.17) is 0 Å². The number of fused-ring (bicyclic) bond motifs is 4. The fraction of sp³-hybridized carbons (Fsp3) is 0.404. The lowest BCUT2D eigenvalue weighted by atomic mass is 9.64. The normalized spacial score (nSPS) is 22.4. The van der Waals surface area contributed by atoms with Crippen LogP contribution in [-0.2, 0) is 38.7 Å². The fourth-order valence-corrected chi connectivity index (χ4v) is 11.1. The molecule has 1 aliphatic carbocycles. The van der Waals surface area contributed by atoms with Crippen LogP contribution < -0.4 is 25.8 Å². The average molecular weight is 914 g/mol. The molecule has 5 amide bonds. The molecule has 4 saturated heterocycles. The number of thiazole rings is 1. The highest BCUT2D eigenvalue weighted by Crippen LogP contribution is 2.44. The van der Waals surface area contributed by atoms with E-state index in [1.54, 1.807) is 30.2 Å². The van der Waals surface area contributed by atoms with Crippen LogP contribution in [0.25, 0.3) is 11.1 Å². The first-order valence-electron chi connectivity index (χ1n) is 22.5. The molecule has 1 atom stereocenters. The zero-order valence-electron chi connectivity index (χ0n) is 36.0. The number of hydrogen-bond acceptors (Lipinski definition) is 13. The fourth-order valence-electron chi connectivity index (χ4n) is 10.5. The number of anilines is 4. The molecule has 9 heterocycles. The Bertz CT molecular complexity index is 2740. The number of pyridine rings is 1. The maximum absolute atomic E-state index is 16.0. The third kappa shape index (κ3) is 7.52. The highest BCUT2D eigenvalue weighted by atomic mass is 32.1. The van der Waals surface area contributed by atoms with Crippen molar-refractivity contribution in [3.63, 3.8) is 0 Å². The summed E-state index contributed by atoms with van der Waals surface area (Å²) in [7, 11) is 0. The number of imidazole rings is 1. The minimum absolute atomic E-state index is 0.0446. The summed E-state index contributed by atoms with van der Waals surface area (Å²) in [6, 6.07) is 13.5. The molecule has 5 aromatic rings. The second kappa shape index (κ2) is 16.3. The number of halogens is 1. The van der Waals surface area contributed by atoms with Gasteiger partial charge in [0.05, 0.1) is 42.5 Å². The van der Waals surface area contributed by atoms with Gasteiger partial charge < -0.3 is 34.6 Å². The minimum Gasteiger partial charge on any atom is -0.389 e. The van der Waals surface area contributed by atoms with Crippen molar-refractivity contribution in [1.29, 1.82) is 0 Å². The van der Waals surface area contributed by atoms with E-state index in [-0.39, 0.29) is 47.7 Å². The molecule has 6 aliphatic heterocycles. The van der Waals surface area contributed by atoms with Crippen molar-refractivity contribution < 1.29 is 33.5 Å². The van der Waals surface area contributed by atoms with Gasteiger partial charge in [0.2, 0.25) is 11.8 Å². The maximum atomic E-state index is 16.0. The number of nitrogens with one attached hydrogen (secondary N) is 3. The van der Waals surface area contributed by atoms with Gasteiger partial charge in [-0.1, -0.05) is 12.1 Å². The zero-order valence-corrected chi connectivity index (χ0v) is 36.9. The van der Waals surface area contributed by atoms with Crippen LogP contribution in [0.2, 0.25) is 0 Å². The van der Waals surface area contributed by atoms with Crippen molar-refractivity contribution in [2.75, 3.05) is 59.7 Å². The first kappa shape index (κ1) is 41.9. The predicted octanol–water partition coefficient (Wildman–Crippen LogP) is 4.11. The molecule has 1 saturated carbocycles. The predicted molar refractivity (Wildman–Crippen MR) is 242 cm³/mol. The van der Waals surface area contributed by atoms with Crippen LogP contribution in [0.15, 0.2) is 72.6 Å². The number of imide groups is 1. The molecule has 0 radical (unpaired) electrons. The van der Waals surface area contributed by atoms with Crippen molar-refractivity contribution in [2.45, 2.75) is 75.2 Å². The van der Waals surface area contributed by atoms with E-state index >= 15 is 4.39 Å². The van der Waals surface area contributed by atoms with E-state index in [0.717, 1.165) is 42.1 Å². The molecule has 66 heavy (non-hydrogen) atoms. The number of carbonyl (C=O) groups is 5. The van der Waals surface area contributed by atoms with Gasteiger partial charge in [0, 0.05) is 85.8 Å². The lowest BCUT2D eigenvalue weighted by Gasteiger charge is -2.50. The Kier molecular flexibility index (Phi) is 10.4. The number of benzene rings is 2. The molecular formula is C47H48FN11O6S. The van der Waals surface area contributed by atoms with Gasteiger partial charge in [0.1, 0.15) is 17.2 Å². The van der Waals surface area contributed by atoms with Gasteiger partial charge >= 0.3 is 0 Å². The topological polar surface area (TPSA) is 198 Å². The monoisotopic (exact) mass is 913 g/mol. The summed E-state index contributed by atoms with van der Waals surface area (Å²) in [5, 5.41) is 22.2. The van der Waals surface area contributed by atoms with E-state index in [2.05, 4.69) is 40.7 Å². The summed E-state index contributed by atoms with van der Waals surface area (Å²) in [6.45, 7) is 4.01. The second-order valence-electron chi connectivity index (χ2n) is 18.4. The molecule has 340 valence electrons. The van der Waals surface area contributed by atoms with Crippen molar-refractivity contribution >= 4 is 63.2 Å². The molecule has 5 fully saturated rings. The van der Waals surface area contributed by atoms with E-state index < -0.39 is 34.8 Å². The number of amides is 5. The largest absolute Gasteiger partial charge is 0.389 e. The number of aromatic nitrogens is 4. The number of aryl methyl sites for hydroxylation is 1. The van der Waals surface area contributed by atoms with E-state index in [1.165, 1.54) is 22.3 Å². The van der Waals surface area contributed by atoms with Crippen LogP contribution in [0, 0.1) is 11.7 Å². The van der Waals surface area contributed by atoms with Crippen LogP contribution >= 0.6 is 11.3 Å². The van der Waals surface area contributed by atoms with Crippen molar-refractivity contribution in [3.8, 4) is 11.1 Å². The molecule has 17 nitrogen and oxygen atoms in total. The van der Waals surface area contributed by atoms with Gasteiger partial charge in [0.15, 0.2) is 11.2 Å². The number of hydrogen-bond donors (Lipinski definition) is 4. The molecule has 7 aliphatic rings. The van der Waals surface area contributed by atoms with Gasteiger partial charge in [-0.2, -0.15) is 0 Å². The number of aliphatic hydroxyl groups is 1. The van der Waals surface area contributed by atoms with Crippen molar-refractivity contribution in [3.05, 3.63) is 101 Å². The Morgan fingerprint density at radius 3 is 2.42 bits per heavy atom. The Balaban J connectivity index is 0.685. The third-order valence-corrected chi connectivity index (χ3v) is 15.0. The number of piperazine rings is 1. The van der Waals surface area contributed by atoms with Crippen LogP contribution in [-0.4, -0.2) is 114 Å². The maximum Gasteiger partial charge on any atom is 0.255 e.